The SMILES string of the molecule is CCC(C(=O)O)c1c(C)oc2c1CCC2. The summed E-state index contributed by atoms with van der Waals surface area (Å²) in [6.07, 6.45) is 3.66. The first kappa shape index (κ1) is 10.3. The highest BCUT2D eigenvalue weighted by Crippen LogP contribution is 2.36. The van der Waals surface area contributed by atoms with Crippen molar-refractivity contribution in [2.24, 2.45) is 0 Å². The zero-order valence-corrected chi connectivity index (χ0v) is 9.17. The average Bonchev–Trinajstić information content (AvgIpc) is 2.69. The fraction of sp³-hybridized carbons (Fsp3) is 0.583. The van der Waals surface area contributed by atoms with Crippen molar-refractivity contribution in [2.75, 3.05) is 0 Å². The standard InChI is InChI=1S/C12H16O3/c1-3-8(12(13)14)11-7(2)15-10-6-4-5-9(10)11/h8H,3-6H2,1-2H3,(H,13,14). The minimum atomic E-state index is -0.740. The summed E-state index contributed by atoms with van der Waals surface area (Å²) in [7, 11) is 0. The molecule has 1 N–H and O–H groups in total. The summed E-state index contributed by atoms with van der Waals surface area (Å²) in [4.78, 5) is 11.1. The van der Waals surface area contributed by atoms with Crippen LogP contribution >= 0.6 is 0 Å². The third-order valence-electron chi connectivity index (χ3n) is 3.20. The molecule has 15 heavy (non-hydrogen) atoms. The van der Waals surface area contributed by atoms with Crippen LogP contribution in [0, 0.1) is 6.92 Å². The van der Waals surface area contributed by atoms with Gasteiger partial charge in [-0.25, -0.2) is 0 Å². The maximum absolute atomic E-state index is 11.1. The van der Waals surface area contributed by atoms with Gasteiger partial charge in [-0.3, -0.25) is 4.79 Å². The molecular weight excluding hydrogens is 192 g/mol. The van der Waals surface area contributed by atoms with Gasteiger partial charge in [0.2, 0.25) is 0 Å². The third-order valence-corrected chi connectivity index (χ3v) is 3.20. The number of rotatable bonds is 3. The Balaban J connectivity index is 2.46. The predicted molar refractivity (Wildman–Crippen MR) is 56.1 cm³/mol. The molecule has 1 atom stereocenters. The van der Waals surface area contributed by atoms with E-state index >= 15 is 0 Å². The Morgan fingerprint density at radius 3 is 2.87 bits per heavy atom. The Morgan fingerprint density at radius 2 is 2.27 bits per heavy atom. The Bertz CT molecular complexity index is 390. The van der Waals surface area contributed by atoms with E-state index in [1.165, 1.54) is 5.56 Å². The van der Waals surface area contributed by atoms with E-state index in [0.29, 0.717) is 6.42 Å². The van der Waals surface area contributed by atoms with Crippen LogP contribution in [-0.2, 0) is 17.6 Å². The van der Waals surface area contributed by atoms with Gasteiger partial charge in [-0.1, -0.05) is 6.92 Å². The molecular formula is C12H16O3. The fourth-order valence-corrected chi connectivity index (χ4v) is 2.52. The van der Waals surface area contributed by atoms with E-state index in [4.69, 9.17) is 9.52 Å². The summed E-state index contributed by atoms with van der Waals surface area (Å²) < 4.78 is 5.63. The molecule has 0 fully saturated rings. The highest BCUT2D eigenvalue weighted by atomic mass is 16.4. The molecule has 0 radical (unpaired) electrons. The molecule has 1 aliphatic carbocycles. The second kappa shape index (κ2) is 3.72. The summed E-state index contributed by atoms with van der Waals surface area (Å²) >= 11 is 0. The van der Waals surface area contributed by atoms with Crippen molar-refractivity contribution >= 4 is 5.97 Å². The lowest BCUT2D eigenvalue weighted by Gasteiger charge is -2.10. The van der Waals surface area contributed by atoms with Crippen LogP contribution < -0.4 is 0 Å². The van der Waals surface area contributed by atoms with Crippen molar-refractivity contribution in [3.8, 4) is 0 Å². The van der Waals surface area contributed by atoms with Crippen LogP contribution in [0.15, 0.2) is 4.42 Å². The summed E-state index contributed by atoms with van der Waals surface area (Å²) in [6, 6.07) is 0. The zero-order chi connectivity index (χ0) is 11.0. The van der Waals surface area contributed by atoms with Crippen molar-refractivity contribution in [1.29, 1.82) is 0 Å². The number of aryl methyl sites for hydroxylation is 2. The van der Waals surface area contributed by atoms with E-state index < -0.39 is 11.9 Å². The maximum atomic E-state index is 11.1. The molecule has 1 heterocycles. The summed E-state index contributed by atoms with van der Waals surface area (Å²) in [5.41, 5.74) is 2.11. The Morgan fingerprint density at radius 1 is 1.53 bits per heavy atom. The molecule has 0 aromatic carbocycles. The van der Waals surface area contributed by atoms with Crippen molar-refractivity contribution in [1.82, 2.24) is 0 Å². The Kier molecular flexibility index (Phi) is 2.55. The highest BCUT2D eigenvalue weighted by Gasteiger charge is 2.30. The van der Waals surface area contributed by atoms with Crippen molar-refractivity contribution in [2.45, 2.75) is 45.4 Å². The van der Waals surface area contributed by atoms with Gasteiger partial charge in [0.15, 0.2) is 0 Å². The molecule has 82 valence electrons. The number of aliphatic carboxylic acids is 1. The quantitative estimate of drug-likeness (QED) is 0.830. The second-order valence-corrected chi connectivity index (χ2v) is 4.13. The van der Waals surface area contributed by atoms with E-state index in [2.05, 4.69) is 0 Å². The minimum absolute atomic E-state index is 0.393. The largest absolute Gasteiger partial charge is 0.481 e. The molecule has 0 aliphatic heterocycles. The molecule has 0 saturated heterocycles. The minimum Gasteiger partial charge on any atom is -0.481 e. The van der Waals surface area contributed by atoms with Gasteiger partial charge in [-0.15, -0.1) is 0 Å². The van der Waals surface area contributed by atoms with Crippen molar-refractivity contribution in [3.63, 3.8) is 0 Å². The normalized spacial score (nSPS) is 16.4. The molecule has 3 nitrogen and oxygen atoms in total. The van der Waals surface area contributed by atoms with E-state index in [-0.39, 0.29) is 0 Å². The molecule has 0 bridgehead atoms. The number of hydrogen-bond acceptors (Lipinski definition) is 2. The van der Waals surface area contributed by atoms with E-state index in [1.807, 2.05) is 13.8 Å². The van der Waals surface area contributed by atoms with Gasteiger partial charge in [0.05, 0.1) is 5.92 Å². The fourth-order valence-electron chi connectivity index (χ4n) is 2.52. The molecule has 0 amide bonds. The lowest BCUT2D eigenvalue weighted by Crippen LogP contribution is -2.12. The monoisotopic (exact) mass is 208 g/mol. The summed E-state index contributed by atoms with van der Waals surface area (Å²) in [5.74, 6) is 0.683. The van der Waals surface area contributed by atoms with E-state index in [1.54, 1.807) is 0 Å². The van der Waals surface area contributed by atoms with Gasteiger partial charge in [-0.05, 0) is 31.7 Å². The van der Waals surface area contributed by atoms with Crippen LogP contribution in [0.25, 0.3) is 0 Å². The second-order valence-electron chi connectivity index (χ2n) is 4.13. The van der Waals surface area contributed by atoms with Crippen LogP contribution in [0.3, 0.4) is 0 Å². The molecule has 1 aromatic heterocycles. The first-order valence-electron chi connectivity index (χ1n) is 5.49. The van der Waals surface area contributed by atoms with Crippen LogP contribution in [-0.4, -0.2) is 11.1 Å². The van der Waals surface area contributed by atoms with Crippen LogP contribution in [0.4, 0.5) is 0 Å². The number of carboxylic acids is 1. The van der Waals surface area contributed by atoms with Crippen molar-refractivity contribution in [3.05, 3.63) is 22.6 Å². The average molecular weight is 208 g/mol. The maximum Gasteiger partial charge on any atom is 0.311 e. The van der Waals surface area contributed by atoms with Crippen LogP contribution in [0.2, 0.25) is 0 Å². The molecule has 1 unspecified atom stereocenters. The smallest absolute Gasteiger partial charge is 0.311 e. The van der Waals surface area contributed by atoms with Crippen molar-refractivity contribution < 1.29 is 14.3 Å². The first-order chi connectivity index (χ1) is 7.15. The highest BCUT2D eigenvalue weighted by molar-refractivity contribution is 5.77. The number of carboxylic acid groups (broad SMARTS) is 1. The third kappa shape index (κ3) is 1.56. The lowest BCUT2D eigenvalue weighted by atomic mass is 9.92. The lowest BCUT2D eigenvalue weighted by molar-refractivity contribution is -0.138. The topological polar surface area (TPSA) is 50.4 Å². The first-order valence-corrected chi connectivity index (χ1v) is 5.49. The van der Waals surface area contributed by atoms with Gasteiger partial charge in [0.25, 0.3) is 0 Å². The van der Waals surface area contributed by atoms with Crippen LogP contribution in [0.5, 0.6) is 0 Å². The molecule has 0 spiro atoms. The molecule has 0 saturated carbocycles. The van der Waals surface area contributed by atoms with Crippen LogP contribution in [0.1, 0.15) is 48.3 Å². The van der Waals surface area contributed by atoms with Gasteiger partial charge < -0.3 is 9.52 Å². The summed E-state index contributed by atoms with van der Waals surface area (Å²) in [6.45, 7) is 3.78. The van der Waals surface area contributed by atoms with Gasteiger partial charge in [0.1, 0.15) is 11.5 Å². The van der Waals surface area contributed by atoms with Gasteiger partial charge in [-0.2, -0.15) is 0 Å². The van der Waals surface area contributed by atoms with E-state index in [9.17, 15) is 4.79 Å². The predicted octanol–water partition coefficient (Wildman–Crippen LogP) is 2.65. The molecule has 2 rings (SSSR count). The Labute approximate surface area is 89.1 Å². The Hall–Kier alpha value is -1.25. The number of furan rings is 1. The van der Waals surface area contributed by atoms with Gasteiger partial charge in [0, 0.05) is 12.0 Å². The molecule has 1 aliphatic rings. The number of fused-ring (bicyclic) bond motifs is 1. The number of carbonyl (C=O) groups is 1. The van der Waals surface area contributed by atoms with E-state index in [0.717, 1.165) is 36.3 Å². The molecule has 1 aromatic rings. The van der Waals surface area contributed by atoms with Gasteiger partial charge >= 0.3 is 5.97 Å². The molecule has 3 heteroatoms. The zero-order valence-electron chi connectivity index (χ0n) is 9.17. The summed E-state index contributed by atoms with van der Waals surface area (Å²) in [5, 5.41) is 9.16. The number of hydrogen-bond donors (Lipinski definition) is 1.